The van der Waals surface area contributed by atoms with E-state index < -0.39 is 97.5 Å². The van der Waals surface area contributed by atoms with Crippen LogP contribution in [0.4, 0.5) is 0 Å². The maximum Gasteiger partial charge on any atom is 0.472 e. The fraction of sp³-hybridized carbons (Fsp3) is 0.947. The first-order valence-corrected chi connectivity index (χ1v) is 42.2. The molecule has 0 aliphatic rings. The zero-order chi connectivity index (χ0) is 70.3. The highest BCUT2D eigenvalue weighted by molar-refractivity contribution is 7.47. The lowest BCUT2D eigenvalue weighted by molar-refractivity contribution is -0.161. The molecule has 0 fully saturated rings. The van der Waals surface area contributed by atoms with Crippen LogP contribution in [0.15, 0.2) is 0 Å². The standard InChI is InChI=1S/C76H148O17P2/c1-9-69(8)55-47-39-30-24-20-16-13-14-18-22-26-32-43-51-59-76(81)93-72(63-87-74(79)57-49-41-35-34-38-46-54-68(6)7)65-91-95(84,85)89-61-70(77)60-88-94(82,83)90-64-71(62-86-73(78)56-48-40-33-27-29-37-45-53-67(4)5)92-75(80)58-50-42-31-25-21-17-12-10-11-15-19-23-28-36-44-52-66(2)3/h66-72,77H,9-65H2,1-8H3,(H,82,83)(H,84,85)/t69?,70-,71-,72-/m1/s1. The van der Waals surface area contributed by atoms with Crippen molar-refractivity contribution in [1.82, 2.24) is 0 Å². The molecule has 0 aromatic heterocycles. The molecule has 0 amide bonds. The van der Waals surface area contributed by atoms with Gasteiger partial charge in [-0.3, -0.25) is 37.3 Å². The molecule has 0 saturated heterocycles. The van der Waals surface area contributed by atoms with Crippen LogP contribution in [0.2, 0.25) is 0 Å². The summed E-state index contributed by atoms with van der Waals surface area (Å²) in [4.78, 5) is 72.7. The summed E-state index contributed by atoms with van der Waals surface area (Å²) < 4.78 is 68.5. The molecule has 0 aliphatic heterocycles. The number of phosphoric acid groups is 2. The van der Waals surface area contributed by atoms with Crippen LogP contribution in [-0.2, 0) is 65.4 Å². The maximum atomic E-state index is 13.1. The summed E-state index contributed by atoms with van der Waals surface area (Å²) in [6, 6.07) is 0. The van der Waals surface area contributed by atoms with Crippen molar-refractivity contribution in [2.75, 3.05) is 39.6 Å². The molecular weight excluding hydrogens is 1250 g/mol. The topological polar surface area (TPSA) is 237 Å². The Labute approximate surface area is 581 Å². The van der Waals surface area contributed by atoms with Gasteiger partial charge in [-0.05, 0) is 49.4 Å². The zero-order valence-corrected chi connectivity index (χ0v) is 64.1. The second-order valence-corrected chi connectivity index (χ2v) is 32.0. The van der Waals surface area contributed by atoms with Crippen molar-refractivity contribution in [3.63, 3.8) is 0 Å². The van der Waals surface area contributed by atoms with Crippen molar-refractivity contribution in [2.45, 2.75) is 401 Å². The minimum Gasteiger partial charge on any atom is -0.462 e. The van der Waals surface area contributed by atoms with Crippen LogP contribution in [0.5, 0.6) is 0 Å². The van der Waals surface area contributed by atoms with E-state index in [0.29, 0.717) is 37.5 Å². The number of hydrogen-bond acceptors (Lipinski definition) is 15. The molecule has 0 heterocycles. The smallest absolute Gasteiger partial charge is 0.462 e. The van der Waals surface area contributed by atoms with E-state index in [2.05, 4.69) is 55.4 Å². The van der Waals surface area contributed by atoms with Gasteiger partial charge in [-0.25, -0.2) is 9.13 Å². The second kappa shape index (κ2) is 65.4. The zero-order valence-electron chi connectivity index (χ0n) is 62.3. The fourth-order valence-electron chi connectivity index (χ4n) is 11.5. The highest BCUT2D eigenvalue weighted by atomic mass is 31.2. The van der Waals surface area contributed by atoms with E-state index in [1.54, 1.807) is 0 Å². The number of aliphatic hydroxyl groups is 1. The van der Waals surface area contributed by atoms with Crippen molar-refractivity contribution in [1.29, 1.82) is 0 Å². The quantitative estimate of drug-likeness (QED) is 0.0222. The van der Waals surface area contributed by atoms with Crippen LogP contribution in [0.25, 0.3) is 0 Å². The SMILES string of the molecule is CCC(C)CCCCCCCCCCCCCCCCC(=O)O[C@H](COC(=O)CCCCCCCCC(C)C)COP(=O)(O)OC[C@H](O)COP(=O)(O)OC[C@@H](COC(=O)CCCCCCCCCC(C)C)OC(=O)CCCCCCCCCCCCCCCCCC(C)C. The van der Waals surface area contributed by atoms with Gasteiger partial charge < -0.3 is 33.8 Å². The summed E-state index contributed by atoms with van der Waals surface area (Å²) in [5.74, 6) is 0.909. The summed E-state index contributed by atoms with van der Waals surface area (Å²) in [7, 11) is -9.91. The van der Waals surface area contributed by atoms with Gasteiger partial charge in [0, 0.05) is 25.7 Å². The van der Waals surface area contributed by atoms with Gasteiger partial charge in [0.25, 0.3) is 0 Å². The molecule has 95 heavy (non-hydrogen) atoms. The number of carbonyl (C=O) groups is 4. The van der Waals surface area contributed by atoms with Crippen LogP contribution in [0.3, 0.4) is 0 Å². The van der Waals surface area contributed by atoms with E-state index >= 15 is 0 Å². The molecule has 0 saturated carbocycles. The fourth-order valence-corrected chi connectivity index (χ4v) is 13.1. The van der Waals surface area contributed by atoms with Gasteiger partial charge in [-0.1, -0.05) is 331 Å². The van der Waals surface area contributed by atoms with Crippen molar-refractivity contribution < 1.29 is 80.2 Å². The van der Waals surface area contributed by atoms with Gasteiger partial charge in [0.1, 0.15) is 19.3 Å². The third-order valence-corrected chi connectivity index (χ3v) is 19.8. The third-order valence-electron chi connectivity index (χ3n) is 17.9. The minimum atomic E-state index is -4.96. The Hall–Kier alpha value is -1.94. The molecule has 3 unspecified atom stereocenters. The summed E-state index contributed by atoms with van der Waals surface area (Å²) in [6.07, 6.45) is 50.2. The molecule has 0 aromatic carbocycles. The molecule has 0 rings (SSSR count). The monoisotopic (exact) mass is 1400 g/mol. The Kier molecular flexibility index (Phi) is 64.0. The molecule has 564 valence electrons. The van der Waals surface area contributed by atoms with E-state index in [4.69, 9.17) is 37.0 Å². The van der Waals surface area contributed by atoms with Crippen molar-refractivity contribution in [3.05, 3.63) is 0 Å². The van der Waals surface area contributed by atoms with Crippen molar-refractivity contribution >= 4 is 39.5 Å². The van der Waals surface area contributed by atoms with Gasteiger partial charge in [0.15, 0.2) is 12.2 Å². The molecule has 0 bridgehead atoms. The molecule has 0 radical (unpaired) electrons. The number of hydrogen-bond donors (Lipinski definition) is 3. The first kappa shape index (κ1) is 93.1. The second-order valence-electron chi connectivity index (χ2n) is 29.1. The normalized spacial score (nSPS) is 14.4. The van der Waals surface area contributed by atoms with E-state index in [1.807, 2.05) is 0 Å². The van der Waals surface area contributed by atoms with Gasteiger partial charge in [0.2, 0.25) is 0 Å². The molecule has 19 heteroatoms. The average Bonchev–Trinajstić information content (AvgIpc) is 2.01. The Balaban J connectivity index is 5.19. The van der Waals surface area contributed by atoms with Crippen LogP contribution < -0.4 is 0 Å². The van der Waals surface area contributed by atoms with Gasteiger partial charge >= 0.3 is 39.5 Å². The van der Waals surface area contributed by atoms with Crippen LogP contribution in [0, 0.1) is 23.7 Å². The number of ether oxygens (including phenoxy) is 4. The predicted octanol–water partition coefficient (Wildman–Crippen LogP) is 22.0. The predicted molar refractivity (Wildman–Crippen MR) is 386 cm³/mol. The Morgan fingerprint density at radius 2 is 0.505 bits per heavy atom. The first-order valence-electron chi connectivity index (χ1n) is 39.2. The van der Waals surface area contributed by atoms with Gasteiger partial charge in [0.05, 0.1) is 26.4 Å². The average molecular weight is 1400 g/mol. The summed E-state index contributed by atoms with van der Waals surface area (Å²) >= 11 is 0. The maximum absolute atomic E-state index is 13.1. The van der Waals surface area contributed by atoms with Crippen LogP contribution in [-0.4, -0.2) is 96.7 Å². The molecule has 0 aromatic rings. The van der Waals surface area contributed by atoms with Crippen LogP contribution >= 0.6 is 15.6 Å². The molecule has 3 N–H and O–H groups in total. The first-order chi connectivity index (χ1) is 45.6. The summed E-state index contributed by atoms with van der Waals surface area (Å²) in [6.45, 7) is 14.1. The minimum absolute atomic E-state index is 0.106. The molecule has 17 nitrogen and oxygen atoms in total. The van der Waals surface area contributed by atoms with E-state index in [0.717, 1.165) is 115 Å². The lowest BCUT2D eigenvalue weighted by atomic mass is 9.99. The number of rotatable bonds is 73. The lowest BCUT2D eigenvalue weighted by Gasteiger charge is -2.21. The molecule has 6 atom stereocenters. The van der Waals surface area contributed by atoms with Gasteiger partial charge in [-0.2, -0.15) is 0 Å². The van der Waals surface area contributed by atoms with E-state index in [-0.39, 0.29) is 25.7 Å². The number of aliphatic hydroxyl groups excluding tert-OH is 1. The Bertz CT molecular complexity index is 1870. The van der Waals surface area contributed by atoms with Crippen LogP contribution in [0.1, 0.15) is 383 Å². The summed E-state index contributed by atoms with van der Waals surface area (Å²) in [5.41, 5.74) is 0. The number of phosphoric ester groups is 2. The Morgan fingerprint density at radius 3 is 0.747 bits per heavy atom. The number of esters is 4. The molecule has 0 aliphatic carbocycles. The highest BCUT2D eigenvalue weighted by Crippen LogP contribution is 2.45. The lowest BCUT2D eigenvalue weighted by Crippen LogP contribution is -2.30. The van der Waals surface area contributed by atoms with E-state index in [1.165, 1.54) is 173 Å². The largest absolute Gasteiger partial charge is 0.472 e. The Morgan fingerprint density at radius 1 is 0.295 bits per heavy atom. The van der Waals surface area contributed by atoms with Crippen molar-refractivity contribution in [2.24, 2.45) is 23.7 Å². The van der Waals surface area contributed by atoms with Crippen molar-refractivity contribution in [3.8, 4) is 0 Å². The number of carbonyl (C=O) groups excluding carboxylic acids is 4. The number of unbranched alkanes of at least 4 members (excludes halogenated alkanes) is 38. The highest BCUT2D eigenvalue weighted by Gasteiger charge is 2.30. The van der Waals surface area contributed by atoms with E-state index in [9.17, 15) is 43.2 Å². The third kappa shape index (κ3) is 69.0. The van der Waals surface area contributed by atoms with Gasteiger partial charge in [-0.15, -0.1) is 0 Å². The summed E-state index contributed by atoms with van der Waals surface area (Å²) in [5, 5.41) is 10.6. The molecule has 0 spiro atoms. The molecular formula is C76H148O17P2.